The first-order valence-electron chi connectivity index (χ1n) is 4.38. The number of fused-ring (bicyclic) bond motifs is 1. The largest absolute Gasteiger partial charge is 0.507 e. The van der Waals surface area contributed by atoms with E-state index in [1.807, 2.05) is 0 Å². The number of hydrogen-bond acceptors (Lipinski definition) is 4. The van der Waals surface area contributed by atoms with Gasteiger partial charge >= 0.3 is 0 Å². The molecule has 0 atom stereocenters. The molecular weight excluding hydrogens is 230 g/mol. The monoisotopic (exact) mass is 239 g/mol. The SMILES string of the molecule is Nc1cccc2cc(S(=O)(=O)O)cc(O)c12. The van der Waals surface area contributed by atoms with Gasteiger partial charge in [-0.1, -0.05) is 12.1 Å². The molecule has 0 saturated heterocycles. The molecule has 0 aromatic heterocycles. The summed E-state index contributed by atoms with van der Waals surface area (Å²) < 4.78 is 30.7. The Labute approximate surface area is 91.9 Å². The Kier molecular flexibility index (Phi) is 2.25. The Morgan fingerprint density at radius 1 is 1.19 bits per heavy atom. The van der Waals surface area contributed by atoms with E-state index in [9.17, 15) is 13.5 Å². The van der Waals surface area contributed by atoms with E-state index in [0.29, 0.717) is 16.5 Å². The molecule has 5 nitrogen and oxygen atoms in total. The number of nitrogens with two attached hydrogens (primary N) is 1. The number of aromatic hydroxyl groups is 1. The number of rotatable bonds is 1. The van der Waals surface area contributed by atoms with Crippen molar-refractivity contribution >= 4 is 26.6 Å². The van der Waals surface area contributed by atoms with E-state index in [2.05, 4.69) is 0 Å². The maximum absolute atomic E-state index is 10.9. The molecule has 4 N–H and O–H groups in total. The van der Waals surface area contributed by atoms with Gasteiger partial charge in [-0.2, -0.15) is 8.42 Å². The molecule has 0 fully saturated rings. The highest BCUT2D eigenvalue weighted by atomic mass is 32.2. The minimum Gasteiger partial charge on any atom is -0.507 e. The number of phenols is 1. The third-order valence-corrected chi connectivity index (χ3v) is 3.09. The molecule has 0 aliphatic rings. The highest BCUT2D eigenvalue weighted by molar-refractivity contribution is 7.85. The molecule has 84 valence electrons. The van der Waals surface area contributed by atoms with Gasteiger partial charge in [-0.25, -0.2) is 0 Å². The fraction of sp³-hybridized carbons (Fsp3) is 0. The second kappa shape index (κ2) is 3.36. The first-order chi connectivity index (χ1) is 7.39. The molecule has 0 spiro atoms. The van der Waals surface area contributed by atoms with Crippen LogP contribution in [-0.4, -0.2) is 18.1 Å². The molecule has 0 saturated carbocycles. The molecule has 0 bridgehead atoms. The molecule has 0 aliphatic heterocycles. The molecule has 2 aromatic rings. The Bertz CT molecular complexity index is 664. The van der Waals surface area contributed by atoms with E-state index in [-0.39, 0.29) is 10.6 Å². The van der Waals surface area contributed by atoms with Crippen molar-refractivity contribution in [3.63, 3.8) is 0 Å². The van der Waals surface area contributed by atoms with Gasteiger partial charge < -0.3 is 10.8 Å². The van der Waals surface area contributed by atoms with Gasteiger partial charge in [0.25, 0.3) is 10.1 Å². The van der Waals surface area contributed by atoms with E-state index in [4.69, 9.17) is 10.3 Å². The fourth-order valence-electron chi connectivity index (χ4n) is 1.56. The zero-order chi connectivity index (χ0) is 11.9. The second-order valence-corrected chi connectivity index (χ2v) is 4.78. The average Bonchev–Trinajstić information content (AvgIpc) is 2.15. The van der Waals surface area contributed by atoms with E-state index in [1.54, 1.807) is 18.2 Å². The van der Waals surface area contributed by atoms with Crippen molar-refractivity contribution in [1.29, 1.82) is 0 Å². The Hall–Kier alpha value is -1.79. The summed E-state index contributed by atoms with van der Waals surface area (Å²) in [7, 11) is -4.33. The van der Waals surface area contributed by atoms with Gasteiger partial charge in [0.2, 0.25) is 0 Å². The van der Waals surface area contributed by atoms with Crippen LogP contribution < -0.4 is 5.73 Å². The van der Waals surface area contributed by atoms with Gasteiger partial charge in [0.15, 0.2) is 0 Å². The zero-order valence-corrected chi connectivity index (χ0v) is 8.90. The molecule has 6 heteroatoms. The topological polar surface area (TPSA) is 101 Å². The lowest BCUT2D eigenvalue weighted by Crippen LogP contribution is -1.98. The summed E-state index contributed by atoms with van der Waals surface area (Å²) in [6, 6.07) is 7.04. The maximum atomic E-state index is 10.9. The van der Waals surface area contributed by atoms with Crippen LogP contribution in [0.4, 0.5) is 5.69 Å². The van der Waals surface area contributed by atoms with Crippen molar-refractivity contribution in [3.8, 4) is 5.75 Å². The highest BCUT2D eigenvalue weighted by Crippen LogP contribution is 2.32. The molecule has 0 radical (unpaired) electrons. The quantitative estimate of drug-likeness (QED) is 0.515. The van der Waals surface area contributed by atoms with Gasteiger partial charge in [0, 0.05) is 17.1 Å². The lowest BCUT2D eigenvalue weighted by molar-refractivity contribution is 0.471. The van der Waals surface area contributed by atoms with Gasteiger partial charge in [-0.05, 0) is 17.5 Å². The Morgan fingerprint density at radius 2 is 1.88 bits per heavy atom. The number of hydrogen-bond donors (Lipinski definition) is 3. The molecule has 0 unspecified atom stereocenters. The van der Waals surface area contributed by atoms with Crippen molar-refractivity contribution in [3.05, 3.63) is 30.3 Å². The zero-order valence-electron chi connectivity index (χ0n) is 8.08. The number of benzene rings is 2. The molecule has 2 rings (SSSR count). The van der Waals surface area contributed by atoms with Crippen LogP contribution in [0, 0.1) is 0 Å². The van der Waals surface area contributed by atoms with Gasteiger partial charge in [-0.15, -0.1) is 0 Å². The molecule has 0 aliphatic carbocycles. The van der Waals surface area contributed by atoms with Crippen molar-refractivity contribution in [2.75, 3.05) is 5.73 Å². The van der Waals surface area contributed by atoms with Crippen molar-refractivity contribution < 1.29 is 18.1 Å². The van der Waals surface area contributed by atoms with E-state index in [1.165, 1.54) is 6.07 Å². The summed E-state index contributed by atoms with van der Waals surface area (Å²) in [5.74, 6) is -0.275. The average molecular weight is 239 g/mol. The lowest BCUT2D eigenvalue weighted by atomic mass is 10.1. The normalized spacial score (nSPS) is 11.8. The summed E-state index contributed by atoms with van der Waals surface area (Å²) in [6.07, 6.45) is 0. The third-order valence-electron chi connectivity index (χ3n) is 2.26. The van der Waals surface area contributed by atoms with E-state index < -0.39 is 10.1 Å². The van der Waals surface area contributed by atoms with Gasteiger partial charge in [0.05, 0.1) is 4.90 Å². The number of phenolic OH excluding ortho intramolecular Hbond substituents is 1. The summed E-state index contributed by atoms with van der Waals surface area (Å²) >= 11 is 0. The third kappa shape index (κ3) is 1.68. The van der Waals surface area contributed by atoms with Crippen LogP contribution in [0.1, 0.15) is 0 Å². The summed E-state index contributed by atoms with van der Waals surface area (Å²) in [6.45, 7) is 0. The highest BCUT2D eigenvalue weighted by Gasteiger charge is 2.14. The molecular formula is C10H9NO4S. The predicted molar refractivity (Wildman–Crippen MR) is 59.8 cm³/mol. The lowest BCUT2D eigenvalue weighted by Gasteiger charge is -2.06. The van der Waals surface area contributed by atoms with Crippen LogP contribution in [-0.2, 0) is 10.1 Å². The van der Waals surface area contributed by atoms with E-state index in [0.717, 1.165) is 6.07 Å². The van der Waals surface area contributed by atoms with Crippen LogP contribution in [0.3, 0.4) is 0 Å². The van der Waals surface area contributed by atoms with Crippen molar-refractivity contribution in [2.45, 2.75) is 4.90 Å². The predicted octanol–water partition coefficient (Wildman–Crippen LogP) is 1.37. The minimum atomic E-state index is -4.33. The first-order valence-corrected chi connectivity index (χ1v) is 5.82. The van der Waals surface area contributed by atoms with Crippen molar-refractivity contribution in [2.24, 2.45) is 0 Å². The van der Waals surface area contributed by atoms with Crippen LogP contribution >= 0.6 is 0 Å². The van der Waals surface area contributed by atoms with Crippen LogP contribution in [0.5, 0.6) is 5.75 Å². The van der Waals surface area contributed by atoms with Gasteiger partial charge in [-0.3, -0.25) is 4.55 Å². The van der Waals surface area contributed by atoms with Crippen LogP contribution in [0.2, 0.25) is 0 Å². The number of nitrogen functional groups attached to an aromatic ring is 1. The summed E-state index contributed by atoms with van der Waals surface area (Å²) in [5.41, 5.74) is 5.99. The molecule has 2 aromatic carbocycles. The molecule has 0 amide bonds. The van der Waals surface area contributed by atoms with Crippen molar-refractivity contribution in [1.82, 2.24) is 0 Å². The molecule has 16 heavy (non-hydrogen) atoms. The van der Waals surface area contributed by atoms with Crippen LogP contribution in [0.25, 0.3) is 10.8 Å². The second-order valence-electron chi connectivity index (χ2n) is 3.36. The van der Waals surface area contributed by atoms with Gasteiger partial charge in [0.1, 0.15) is 5.75 Å². The molecule has 0 heterocycles. The summed E-state index contributed by atoms with van der Waals surface area (Å²) in [4.78, 5) is -0.358. The first kappa shape index (κ1) is 10.7. The fourth-order valence-corrected chi connectivity index (χ4v) is 2.09. The Morgan fingerprint density at radius 3 is 2.50 bits per heavy atom. The van der Waals surface area contributed by atoms with E-state index >= 15 is 0 Å². The standard InChI is InChI=1S/C10H9NO4S/c11-8-3-1-2-6-4-7(16(13,14)15)5-9(12)10(6)8/h1-5,12H,11H2,(H,13,14,15). The Balaban J connectivity index is 2.89. The smallest absolute Gasteiger partial charge is 0.294 e. The van der Waals surface area contributed by atoms with Crippen LogP contribution in [0.15, 0.2) is 35.2 Å². The number of anilines is 1. The minimum absolute atomic E-state index is 0.275. The summed E-state index contributed by atoms with van der Waals surface area (Å²) in [5, 5.41) is 10.5. The maximum Gasteiger partial charge on any atom is 0.294 e.